The van der Waals surface area contributed by atoms with Crippen LogP contribution in [-0.4, -0.2) is 51.2 Å². The lowest BCUT2D eigenvalue weighted by Gasteiger charge is -2.34. The minimum absolute atomic E-state index is 0.511. The summed E-state index contributed by atoms with van der Waals surface area (Å²) < 4.78 is 11.0. The predicted molar refractivity (Wildman–Crippen MR) is 142 cm³/mol. The Hall–Kier alpha value is -1.66. The smallest absolute Gasteiger partial charge is 0.345 e. The van der Waals surface area contributed by atoms with Crippen LogP contribution >= 0.6 is 0 Å². The molecule has 0 spiro atoms. The first-order chi connectivity index (χ1) is 16.0. The molecule has 0 unspecified atom stereocenters. The summed E-state index contributed by atoms with van der Waals surface area (Å²) >= 11 is 0. The highest BCUT2D eigenvalue weighted by Gasteiger charge is 2.16. The molecule has 0 aromatic heterocycles. The molecule has 186 valence electrons. The van der Waals surface area contributed by atoms with Crippen LogP contribution in [0.2, 0.25) is 0 Å². The monoisotopic (exact) mass is 457 g/mol. The van der Waals surface area contributed by atoms with Crippen LogP contribution in [-0.2, 0) is 9.31 Å². The molecule has 0 heterocycles. The zero-order chi connectivity index (χ0) is 24.8. The van der Waals surface area contributed by atoms with Gasteiger partial charge in [0.15, 0.2) is 0 Å². The van der Waals surface area contributed by atoms with Gasteiger partial charge in [-0.05, 0) is 51.7 Å². The van der Waals surface area contributed by atoms with Crippen molar-refractivity contribution >= 4 is 7.32 Å². The van der Waals surface area contributed by atoms with Gasteiger partial charge in [-0.15, -0.1) is 0 Å². The van der Waals surface area contributed by atoms with Crippen molar-refractivity contribution in [3.8, 4) is 11.1 Å². The molecule has 2 aromatic carbocycles. The van der Waals surface area contributed by atoms with Gasteiger partial charge in [-0.3, -0.25) is 0 Å². The lowest BCUT2D eigenvalue weighted by Crippen LogP contribution is -2.47. The summed E-state index contributed by atoms with van der Waals surface area (Å²) in [7, 11) is -1.27. The van der Waals surface area contributed by atoms with Crippen LogP contribution in [0.3, 0.4) is 0 Å². The van der Waals surface area contributed by atoms with Gasteiger partial charge < -0.3 is 18.8 Å². The van der Waals surface area contributed by atoms with Crippen molar-refractivity contribution in [2.45, 2.75) is 67.2 Å². The number of hydrogen-bond donors (Lipinski definition) is 0. The third-order valence-electron chi connectivity index (χ3n) is 6.07. The summed E-state index contributed by atoms with van der Waals surface area (Å²) in [6, 6.07) is 20.8. The Labute approximate surface area is 204 Å². The molecule has 2 aromatic rings. The minimum Gasteiger partial charge on any atom is -0.832 e. The van der Waals surface area contributed by atoms with Crippen molar-refractivity contribution in [3.05, 3.63) is 60.7 Å². The molecule has 0 N–H and O–H groups in total. The maximum Gasteiger partial charge on any atom is 0.345 e. The van der Waals surface area contributed by atoms with Crippen LogP contribution in [0.1, 0.15) is 67.2 Å². The third kappa shape index (κ3) is 15.0. The van der Waals surface area contributed by atoms with Crippen LogP contribution in [0.25, 0.3) is 11.1 Å². The topological polar surface area (TPSA) is 41.5 Å². The highest BCUT2D eigenvalue weighted by atomic mass is 16.7. The van der Waals surface area contributed by atoms with Crippen molar-refractivity contribution in [2.24, 2.45) is 0 Å². The quantitative estimate of drug-likeness (QED) is 0.204. The Morgan fingerprint density at radius 1 is 0.606 bits per heavy atom. The van der Waals surface area contributed by atoms with E-state index in [1.54, 1.807) is 0 Å². The van der Waals surface area contributed by atoms with Crippen molar-refractivity contribution in [1.29, 1.82) is 0 Å². The lowest BCUT2D eigenvalue weighted by atomic mass is 10.1. The van der Waals surface area contributed by atoms with E-state index in [9.17, 15) is 5.02 Å². The molecule has 0 amide bonds. The number of hydrogen-bond acceptors (Lipinski definition) is 3. The average molecular weight is 458 g/mol. The van der Waals surface area contributed by atoms with Crippen LogP contribution in [0.4, 0.5) is 0 Å². The van der Waals surface area contributed by atoms with Crippen molar-refractivity contribution < 1.29 is 18.8 Å². The molecule has 0 fully saturated rings. The van der Waals surface area contributed by atoms with E-state index in [0.717, 1.165) is 25.7 Å². The second-order valence-corrected chi connectivity index (χ2v) is 8.08. The first-order valence-electron chi connectivity index (χ1n) is 12.9. The Kier molecular flexibility index (Phi) is 19.9. The highest BCUT2D eigenvalue weighted by molar-refractivity contribution is 6.32. The van der Waals surface area contributed by atoms with Crippen molar-refractivity contribution in [3.63, 3.8) is 0 Å². The zero-order valence-corrected chi connectivity index (χ0v) is 22.1. The van der Waals surface area contributed by atoms with Crippen LogP contribution in [0.15, 0.2) is 60.7 Å². The summed E-state index contributed by atoms with van der Waals surface area (Å²) in [4.78, 5) is 0. The highest BCUT2D eigenvalue weighted by Crippen LogP contribution is 2.17. The van der Waals surface area contributed by atoms with E-state index < -0.39 is 7.32 Å². The van der Waals surface area contributed by atoms with E-state index in [4.69, 9.17) is 9.31 Å². The molecule has 2 rings (SSSR count). The Morgan fingerprint density at radius 2 is 0.939 bits per heavy atom. The van der Waals surface area contributed by atoms with Gasteiger partial charge in [-0.1, -0.05) is 87.4 Å². The van der Waals surface area contributed by atoms with E-state index in [1.165, 1.54) is 41.8 Å². The molecule has 0 atom stereocenters. The van der Waals surface area contributed by atoms with Gasteiger partial charge in [-0.2, -0.15) is 0 Å². The molecular formula is C28H48BNO3. The average Bonchev–Trinajstić information content (AvgIpc) is 2.88. The summed E-state index contributed by atoms with van der Waals surface area (Å²) in [5.41, 5.74) is 2.55. The molecule has 0 aliphatic rings. The Balaban J connectivity index is 0.000000472. The minimum atomic E-state index is -1.27. The maximum atomic E-state index is 10.8. The number of unbranched alkanes of at least 4 members (excludes halogenated alkanes) is 2. The first kappa shape index (κ1) is 31.3. The standard InChI is InChI=1S/C12H10.C8H18BO3.C8H20N/c1-3-7-11(8-4-1)12-9-5-2-6-10-12;1-3-5-7-11-9(10)12-8-6-4-2;1-5-9(6-2,7-3)8-4/h1-10H;3-8H2,1-2H3;5-8H2,1-4H3/q;-1;+1. The Morgan fingerprint density at radius 3 is 1.18 bits per heavy atom. The van der Waals surface area contributed by atoms with E-state index in [2.05, 4.69) is 90.1 Å². The lowest BCUT2D eigenvalue weighted by molar-refractivity contribution is -0.921. The molecular weight excluding hydrogens is 409 g/mol. The molecule has 0 saturated carbocycles. The summed E-state index contributed by atoms with van der Waals surface area (Å²) in [6.07, 6.45) is 3.94. The second-order valence-electron chi connectivity index (χ2n) is 8.08. The number of rotatable bonds is 13. The summed E-state index contributed by atoms with van der Waals surface area (Å²) in [5, 5.41) is 10.8. The number of nitrogens with zero attached hydrogens (tertiary/aromatic N) is 1. The van der Waals surface area contributed by atoms with Gasteiger partial charge in [-0.25, -0.2) is 0 Å². The molecule has 0 radical (unpaired) electrons. The van der Waals surface area contributed by atoms with Gasteiger partial charge in [0.1, 0.15) is 0 Å². The van der Waals surface area contributed by atoms with E-state index in [-0.39, 0.29) is 0 Å². The number of benzene rings is 2. The SMILES string of the molecule is CCCCOB([O-])OCCCC.CC[N+](CC)(CC)CC.c1ccc(-c2ccccc2)cc1. The van der Waals surface area contributed by atoms with Crippen LogP contribution in [0.5, 0.6) is 0 Å². The van der Waals surface area contributed by atoms with Gasteiger partial charge in [0.25, 0.3) is 0 Å². The van der Waals surface area contributed by atoms with E-state index in [1.807, 2.05) is 12.1 Å². The van der Waals surface area contributed by atoms with Gasteiger partial charge in [0.05, 0.1) is 26.2 Å². The molecule has 4 nitrogen and oxygen atoms in total. The molecule has 0 aliphatic heterocycles. The normalized spacial score (nSPS) is 10.5. The molecule has 0 saturated heterocycles. The maximum absolute atomic E-state index is 10.8. The molecule has 33 heavy (non-hydrogen) atoms. The fourth-order valence-electron chi connectivity index (χ4n) is 3.30. The fraction of sp³-hybridized carbons (Fsp3) is 0.571. The van der Waals surface area contributed by atoms with Crippen LogP contribution in [0, 0.1) is 0 Å². The van der Waals surface area contributed by atoms with Crippen LogP contribution < -0.4 is 5.02 Å². The van der Waals surface area contributed by atoms with Gasteiger partial charge in [0.2, 0.25) is 0 Å². The molecule has 0 aliphatic carbocycles. The zero-order valence-electron chi connectivity index (χ0n) is 22.1. The van der Waals surface area contributed by atoms with E-state index >= 15 is 0 Å². The van der Waals surface area contributed by atoms with Crippen molar-refractivity contribution in [1.82, 2.24) is 0 Å². The van der Waals surface area contributed by atoms with Gasteiger partial charge >= 0.3 is 7.32 Å². The molecule has 5 heteroatoms. The largest absolute Gasteiger partial charge is 0.832 e. The fourth-order valence-corrected chi connectivity index (χ4v) is 3.30. The Bertz CT molecular complexity index is 586. The molecule has 0 bridgehead atoms. The third-order valence-corrected chi connectivity index (χ3v) is 6.07. The van der Waals surface area contributed by atoms with Gasteiger partial charge in [0, 0.05) is 13.2 Å². The van der Waals surface area contributed by atoms with E-state index in [0.29, 0.717) is 13.2 Å². The predicted octanol–water partition coefficient (Wildman–Crippen LogP) is 6.20. The second kappa shape index (κ2) is 20.9. The van der Waals surface area contributed by atoms with Crippen molar-refractivity contribution in [2.75, 3.05) is 39.4 Å². The summed E-state index contributed by atoms with van der Waals surface area (Å²) in [6.45, 7) is 19.4. The first-order valence-corrected chi connectivity index (χ1v) is 12.9. The number of quaternary nitrogens is 1. The summed E-state index contributed by atoms with van der Waals surface area (Å²) in [5.74, 6) is 0.